The molecule has 0 radical (unpaired) electrons. The van der Waals surface area contributed by atoms with Gasteiger partial charge in [0.15, 0.2) is 5.96 Å². The summed E-state index contributed by atoms with van der Waals surface area (Å²) in [5, 5.41) is 7.71. The zero-order valence-corrected chi connectivity index (χ0v) is 18.8. The van der Waals surface area contributed by atoms with E-state index in [-0.39, 0.29) is 30.1 Å². The molecular weight excluding hydrogens is 465 g/mol. The summed E-state index contributed by atoms with van der Waals surface area (Å²) < 4.78 is 7.99. The van der Waals surface area contributed by atoms with Gasteiger partial charge >= 0.3 is 0 Å². The van der Waals surface area contributed by atoms with Crippen molar-refractivity contribution in [3.63, 3.8) is 0 Å². The quantitative estimate of drug-likeness (QED) is 0.375. The van der Waals surface area contributed by atoms with Crippen LogP contribution in [-0.4, -0.2) is 28.9 Å². The summed E-state index contributed by atoms with van der Waals surface area (Å²) in [6.45, 7) is 4.37. The molecule has 28 heavy (non-hydrogen) atoms. The number of nitrogens with one attached hydrogen (secondary N) is 1. The smallest absolute Gasteiger partial charge is 0.193 e. The highest BCUT2D eigenvalue weighted by molar-refractivity contribution is 14.0. The zero-order valence-electron chi connectivity index (χ0n) is 16.4. The van der Waals surface area contributed by atoms with E-state index < -0.39 is 0 Å². The third kappa shape index (κ3) is 4.51. The number of halogens is 1. The number of nitrogens with two attached hydrogens (primary N) is 1. The second kappa shape index (κ2) is 9.73. The number of guanidine groups is 1. The normalized spacial score (nSPS) is 21.8. The van der Waals surface area contributed by atoms with Crippen LogP contribution in [0.15, 0.2) is 35.5 Å². The number of aromatic nitrogens is 2. The van der Waals surface area contributed by atoms with E-state index in [0.29, 0.717) is 18.4 Å². The van der Waals surface area contributed by atoms with Crippen LogP contribution < -0.4 is 11.1 Å². The fourth-order valence-corrected chi connectivity index (χ4v) is 4.29. The van der Waals surface area contributed by atoms with E-state index in [1.807, 2.05) is 16.9 Å². The number of aliphatic imine (C=N–C) groups is 1. The first kappa shape index (κ1) is 21.1. The average molecular weight is 495 g/mol. The van der Waals surface area contributed by atoms with Crippen molar-refractivity contribution in [2.24, 2.45) is 16.6 Å². The van der Waals surface area contributed by atoms with Crippen LogP contribution in [0.4, 0.5) is 5.69 Å². The number of anilines is 1. The van der Waals surface area contributed by atoms with E-state index in [1.54, 1.807) is 0 Å². The fraction of sp³-hybridized carbons (Fsp3) is 0.524. The van der Waals surface area contributed by atoms with Crippen molar-refractivity contribution in [1.29, 1.82) is 0 Å². The number of fused-ring (bicyclic) bond motifs is 1. The first-order valence-electron chi connectivity index (χ1n) is 10.1. The number of ether oxygens (including phenoxy) is 1. The van der Waals surface area contributed by atoms with Gasteiger partial charge in [-0.05, 0) is 62.3 Å². The summed E-state index contributed by atoms with van der Waals surface area (Å²) >= 11 is 0. The number of hydrogen-bond donors (Lipinski definition) is 2. The predicted octanol–water partition coefficient (Wildman–Crippen LogP) is 3.90. The predicted molar refractivity (Wildman–Crippen MR) is 123 cm³/mol. The largest absolute Gasteiger partial charge is 0.372 e. The third-order valence-corrected chi connectivity index (χ3v) is 5.71. The highest BCUT2D eigenvalue weighted by Crippen LogP contribution is 2.34. The summed E-state index contributed by atoms with van der Waals surface area (Å²) in [4.78, 5) is 4.64. The molecule has 2 aliphatic rings. The molecular formula is C21H30IN5O. The minimum absolute atomic E-state index is 0. The van der Waals surface area contributed by atoms with Gasteiger partial charge in [-0.3, -0.25) is 9.67 Å². The van der Waals surface area contributed by atoms with E-state index >= 15 is 0 Å². The maximum atomic E-state index is 6.22. The average Bonchev–Trinajstić information content (AvgIpc) is 3.35. The van der Waals surface area contributed by atoms with Gasteiger partial charge in [0.1, 0.15) is 6.10 Å². The van der Waals surface area contributed by atoms with Gasteiger partial charge in [0.2, 0.25) is 0 Å². The van der Waals surface area contributed by atoms with E-state index in [2.05, 4.69) is 40.5 Å². The lowest BCUT2D eigenvalue weighted by Gasteiger charge is -2.20. The molecule has 0 saturated carbocycles. The first-order chi connectivity index (χ1) is 13.3. The molecule has 1 fully saturated rings. The molecule has 3 N–H and O–H groups in total. The van der Waals surface area contributed by atoms with E-state index in [9.17, 15) is 0 Å². The molecule has 1 aliphatic carbocycles. The third-order valence-electron chi connectivity index (χ3n) is 5.71. The Balaban J connectivity index is 0.00000225. The number of aryl methyl sites for hydroxylation is 2. The van der Waals surface area contributed by atoms with Crippen LogP contribution in [0.5, 0.6) is 0 Å². The Morgan fingerprint density at radius 3 is 3.04 bits per heavy atom. The van der Waals surface area contributed by atoms with Crippen molar-refractivity contribution in [3.8, 4) is 0 Å². The molecule has 2 aromatic rings. The molecule has 0 bridgehead atoms. The minimum atomic E-state index is 0. The molecule has 152 valence electrons. The van der Waals surface area contributed by atoms with Gasteiger partial charge in [-0.25, -0.2) is 0 Å². The number of nitrogens with zero attached hydrogens (tertiary/aromatic N) is 3. The fourth-order valence-electron chi connectivity index (χ4n) is 4.29. The molecule has 4 rings (SSSR count). The van der Waals surface area contributed by atoms with Crippen LogP contribution in [-0.2, 0) is 24.1 Å². The molecule has 6 nitrogen and oxygen atoms in total. The monoisotopic (exact) mass is 495 g/mol. The second-order valence-corrected chi connectivity index (χ2v) is 7.41. The molecule has 0 spiro atoms. The topological polar surface area (TPSA) is 77.5 Å². The molecule has 7 heteroatoms. The van der Waals surface area contributed by atoms with Gasteiger partial charge < -0.3 is 15.8 Å². The summed E-state index contributed by atoms with van der Waals surface area (Å²) in [6.07, 6.45) is 7.69. The van der Waals surface area contributed by atoms with Crippen LogP contribution in [0.2, 0.25) is 0 Å². The number of rotatable bonds is 5. The molecule has 1 saturated heterocycles. The minimum Gasteiger partial charge on any atom is -0.372 e. The highest BCUT2D eigenvalue weighted by atomic mass is 127. The van der Waals surface area contributed by atoms with Gasteiger partial charge in [-0.15, -0.1) is 24.0 Å². The molecule has 1 aromatic carbocycles. The van der Waals surface area contributed by atoms with Gasteiger partial charge in [0, 0.05) is 37.5 Å². The van der Waals surface area contributed by atoms with Crippen molar-refractivity contribution in [2.45, 2.75) is 51.7 Å². The van der Waals surface area contributed by atoms with Crippen LogP contribution in [0.3, 0.4) is 0 Å². The maximum absolute atomic E-state index is 6.22. The van der Waals surface area contributed by atoms with Gasteiger partial charge in [0.25, 0.3) is 0 Å². The number of benzene rings is 1. The van der Waals surface area contributed by atoms with Gasteiger partial charge in [-0.2, -0.15) is 5.10 Å². The molecule has 1 aromatic heterocycles. The van der Waals surface area contributed by atoms with Gasteiger partial charge in [0.05, 0.1) is 5.69 Å². The lowest BCUT2D eigenvalue weighted by atomic mass is 9.90. The van der Waals surface area contributed by atoms with Crippen molar-refractivity contribution >= 4 is 35.6 Å². The Morgan fingerprint density at radius 2 is 2.18 bits per heavy atom. The maximum Gasteiger partial charge on any atom is 0.193 e. The Morgan fingerprint density at radius 1 is 1.32 bits per heavy atom. The summed E-state index contributed by atoms with van der Waals surface area (Å²) in [5.41, 5.74) is 11.3. The van der Waals surface area contributed by atoms with Gasteiger partial charge in [-0.1, -0.05) is 12.1 Å². The van der Waals surface area contributed by atoms with Crippen molar-refractivity contribution in [3.05, 3.63) is 47.3 Å². The summed E-state index contributed by atoms with van der Waals surface area (Å²) in [5.74, 6) is 0.820. The lowest BCUT2D eigenvalue weighted by Crippen LogP contribution is -2.25. The van der Waals surface area contributed by atoms with E-state index in [1.165, 1.54) is 24.0 Å². The van der Waals surface area contributed by atoms with E-state index in [0.717, 1.165) is 43.8 Å². The Hall–Kier alpha value is -1.61. The molecule has 0 unspecified atom stereocenters. The van der Waals surface area contributed by atoms with Crippen molar-refractivity contribution in [2.75, 3.05) is 18.5 Å². The Kier molecular flexibility index (Phi) is 7.34. The van der Waals surface area contributed by atoms with Crippen molar-refractivity contribution < 1.29 is 4.74 Å². The Labute approximate surface area is 184 Å². The molecule has 0 amide bonds. The van der Waals surface area contributed by atoms with Crippen molar-refractivity contribution in [1.82, 2.24) is 9.78 Å². The Bertz CT molecular complexity index is 819. The van der Waals surface area contributed by atoms with Crippen LogP contribution >= 0.6 is 24.0 Å². The standard InChI is InChI=1S/C21H29N5O.HI/c1-2-26-19(10-12-24-26)20-16(11-13-27-20)14-23-21(22)25-18-9-5-7-15-6-3-4-8-17(15)18;/h5,7,9-10,12,16,20H,2-4,6,8,11,13-14H2,1H3,(H3,22,23,25);1H/t16-,20+;/m0./s1. The van der Waals surface area contributed by atoms with Crippen LogP contribution in [0.1, 0.15) is 49.1 Å². The SMILES string of the molecule is CCn1nccc1[C@@H]1OCC[C@H]1CN=C(N)Nc1cccc2c1CCCC2.I. The molecule has 1 aliphatic heterocycles. The first-order valence-corrected chi connectivity index (χ1v) is 10.1. The molecule has 2 atom stereocenters. The van der Waals surface area contributed by atoms with Crippen LogP contribution in [0.25, 0.3) is 0 Å². The van der Waals surface area contributed by atoms with E-state index in [4.69, 9.17) is 10.5 Å². The second-order valence-electron chi connectivity index (χ2n) is 7.41. The summed E-state index contributed by atoms with van der Waals surface area (Å²) in [6, 6.07) is 8.48. The highest BCUT2D eigenvalue weighted by Gasteiger charge is 2.31. The lowest BCUT2D eigenvalue weighted by molar-refractivity contribution is 0.0851. The zero-order chi connectivity index (χ0) is 18.6. The summed E-state index contributed by atoms with van der Waals surface area (Å²) in [7, 11) is 0. The van der Waals surface area contributed by atoms with Crippen LogP contribution in [0, 0.1) is 5.92 Å². The molecule has 2 heterocycles. The number of hydrogen-bond acceptors (Lipinski definition) is 3.